The lowest BCUT2D eigenvalue weighted by Gasteiger charge is -2.30. The highest BCUT2D eigenvalue weighted by atomic mass is 16.5. The third-order valence-corrected chi connectivity index (χ3v) is 5.46. The number of carbonyl (C=O) groups is 2. The number of likely N-dealkylation sites (tertiary alicyclic amines) is 1. The van der Waals surface area contributed by atoms with Gasteiger partial charge in [-0.3, -0.25) is 9.59 Å². The van der Waals surface area contributed by atoms with Gasteiger partial charge in [0.1, 0.15) is 17.9 Å². The van der Waals surface area contributed by atoms with Crippen LogP contribution < -0.4 is 10.4 Å². The Balaban J connectivity index is 1.73. The van der Waals surface area contributed by atoms with Gasteiger partial charge in [0.2, 0.25) is 5.91 Å². The zero-order chi connectivity index (χ0) is 21.8. The van der Waals surface area contributed by atoms with Crippen molar-refractivity contribution in [1.29, 1.82) is 0 Å². The molecule has 1 aromatic heterocycles. The lowest BCUT2D eigenvalue weighted by atomic mass is 9.97. The van der Waals surface area contributed by atoms with Crippen LogP contribution in [-0.2, 0) is 16.0 Å². The van der Waals surface area contributed by atoms with Crippen molar-refractivity contribution < 1.29 is 23.8 Å². The summed E-state index contributed by atoms with van der Waals surface area (Å²) in [6.07, 6.45) is 1.66. The monoisotopic (exact) mass is 413 g/mol. The zero-order valence-electron chi connectivity index (χ0n) is 17.4. The Labute approximate surface area is 174 Å². The number of benzene rings is 1. The normalized spacial score (nSPS) is 16.5. The van der Waals surface area contributed by atoms with Crippen molar-refractivity contribution >= 4 is 22.8 Å². The van der Waals surface area contributed by atoms with Gasteiger partial charge in [-0.1, -0.05) is 6.58 Å². The number of fused-ring (bicyclic) bond motifs is 1. The van der Waals surface area contributed by atoms with Crippen molar-refractivity contribution in [3.63, 3.8) is 0 Å². The molecule has 1 saturated heterocycles. The first-order valence-corrected chi connectivity index (χ1v) is 10.1. The minimum Gasteiger partial charge on any atom is -0.489 e. The number of carbonyl (C=O) groups excluding carboxylic acids is 1. The Morgan fingerprint density at radius 1 is 1.37 bits per heavy atom. The average Bonchev–Trinajstić information content (AvgIpc) is 2.71. The molecule has 1 aliphatic rings. The van der Waals surface area contributed by atoms with Crippen molar-refractivity contribution in [3.05, 3.63) is 51.9 Å². The van der Waals surface area contributed by atoms with Gasteiger partial charge in [-0.25, -0.2) is 4.79 Å². The fraction of sp³-hybridized carbons (Fsp3) is 0.435. The number of aryl methyl sites for hydroxylation is 1. The second-order valence-corrected chi connectivity index (χ2v) is 7.91. The molecule has 0 bridgehead atoms. The second kappa shape index (κ2) is 9.15. The van der Waals surface area contributed by atoms with Crippen LogP contribution in [0, 0.1) is 12.8 Å². The van der Waals surface area contributed by atoms with Crippen molar-refractivity contribution in [2.75, 3.05) is 19.7 Å². The van der Waals surface area contributed by atoms with E-state index in [1.165, 1.54) is 0 Å². The molecule has 1 aliphatic heterocycles. The summed E-state index contributed by atoms with van der Waals surface area (Å²) in [6, 6.07) is 5.34. The first-order valence-electron chi connectivity index (χ1n) is 10.1. The number of nitrogens with zero attached hydrogens (tertiary/aromatic N) is 1. The maximum absolute atomic E-state index is 12.6. The molecular weight excluding hydrogens is 386 g/mol. The molecule has 1 unspecified atom stereocenters. The lowest BCUT2D eigenvalue weighted by Crippen LogP contribution is -2.42. The lowest BCUT2D eigenvalue weighted by molar-refractivity contribution is -0.145. The van der Waals surface area contributed by atoms with E-state index in [-0.39, 0.29) is 25.3 Å². The molecule has 0 spiro atoms. The quantitative estimate of drug-likeness (QED) is 0.553. The first kappa shape index (κ1) is 21.6. The molecule has 0 saturated carbocycles. The van der Waals surface area contributed by atoms with Gasteiger partial charge < -0.3 is 19.2 Å². The molecular formula is C23H27NO6. The highest BCUT2D eigenvalue weighted by Gasteiger charge is 2.28. The number of piperidine rings is 1. The molecule has 160 valence electrons. The van der Waals surface area contributed by atoms with Crippen molar-refractivity contribution in [3.8, 4) is 5.75 Å². The van der Waals surface area contributed by atoms with E-state index in [9.17, 15) is 19.5 Å². The summed E-state index contributed by atoms with van der Waals surface area (Å²) in [5, 5.41) is 9.99. The molecule has 7 nitrogen and oxygen atoms in total. The highest BCUT2D eigenvalue weighted by molar-refractivity contribution is 5.83. The Morgan fingerprint density at radius 3 is 2.83 bits per heavy atom. The minimum absolute atomic E-state index is 0.136. The van der Waals surface area contributed by atoms with E-state index >= 15 is 0 Å². The van der Waals surface area contributed by atoms with Gasteiger partial charge in [-0.05, 0) is 56.4 Å². The third kappa shape index (κ3) is 4.90. The first-order chi connectivity index (χ1) is 14.3. The molecule has 1 aromatic carbocycles. The van der Waals surface area contributed by atoms with Crippen LogP contribution in [0.15, 0.2) is 39.6 Å². The van der Waals surface area contributed by atoms with E-state index in [2.05, 4.69) is 6.58 Å². The topological polar surface area (TPSA) is 97.0 Å². The van der Waals surface area contributed by atoms with E-state index in [0.717, 1.165) is 16.5 Å². The number of aliphatic carboxylic acids is 1. The summed E-state index contributed by atoms with van der Waals surface area (Å²) >= 11 is 0. The van der Waals surface area contributed by atoms with E-state index in [1.807, 2.05) is 26.0 Å². The van der Waals surface area contributed by atoms with Crippen molar-refractivity contribution in [2.24, 2.45) is 5.92 Å². The number of hydrogen-bond donors (Lipinski definition) is 1. The van der Waals surface area contributed by atoms with Crippen LogP contribution in [0.5, 0.6) is 5.75 Å². The molecule has 3 rings (SSSR count). The summed E-state index contributed by atoms with van der Waals surface area (Å²) in [6.45, 7) is 8.67. The fourth-order valence-corrected chi connectivity index (χ4v) is 3.76. The predicted molar refractivity (Wildman–Crippen MR) is 113 cm³/mol. The standard InChI is InChI=1S/C23H27NO6/c1-14(2)13-29-17-6-7-18-15(3)19(23(28)30-20(18)11-17)8-9-21(25)24-10-4-5-16(12-24)22(26)27/h6-7,11,16H,1,4-5,8-10,12-13H2,2-3H3,(H,26,27). The smallest absolute Gasteiger partial charge is 0.339 e. The highest BCUT2D eigenvalue weighted by Crippen LogP contribution is 2.25. The summed E-state index contributed by atoms with van der Waals surface area (Å²) in [5.74, 6) is -0.931. The van der Waals surface area contributed by atoms with Crippen LogP contribution in [-0.4, -0.2) is 41.6 Å². The molecule has 7 heteroatoms. The van der Waals surface area contributed by atoms with Gasteiger partial charge in [0.15, 0.2) is 0 Å². The maximum Gasteiger partial charge on any atom is 0.339 e. The van der Waals surface area contributed by atoms with Crippen molar-refractivity contribution in [1.82, 2.24) is 4.90 Å². The SMILES string of the molecule is C=C(C)COc1ccc2c(C)c(CCC(=O)N3CCCC(C(=O)O)C3)c(=O)oc2c1. The van der Waals surface area contributed by atoms with Gasteiger partial charge >= 0.3 is 11.6 Å². The van der Waals surface area contributed by atoms with Crippen molar-refractivity contribution in [2.45, 2.75) is 39.5 Å². The van der Waals surface area contributed by atoms with Crippen LogP contribution in [0.25, 0.3) is 11.0 Å². The molecule has 30 heavy (non-hydrogen) atoms. The van der Waals surface area contributed by atoms with E-state index in [1.54, 1.807) is 11.0 Å². The maximum atomic E-state index is 12.6. The van der Waals surface area contributed by atoms with Gasteiger partial charge in [0.25, 0.3) is 0 Å². The number of rotatable bonds is 7. The number of carboxylic acid groups (broad SMARTS) is 1. The van der Waals surface area contributed by atoms with Crippen LogP contribution in [0.4, 0.5) is 0 Å². The van der Waals surface area contributed by atoms with E-state index < -0.39 is 17.5 Å². The third-order valence-electron chi connectivity index (χ3n) is 5.46. The predicted octanol–water partition coefficient (Wildman–Crippen LogP) is 3.31. The number of amides is 1. The molecule has 1 amide bonds. The zero-order valence-corrected chi connectivity index (χ0v) is 17.4. The number of ether oxygens (including phenoxy) is 1. The van der Waals surface area contributed by atoms with Gasteiger partial charge in [0, 0.05) is 36.5 Å². The Bertz CT molecular complexity index is 1040. The summed E-state index contributed by atoms with van der Waals surface area (Å²) in [4.78, 5) is 37.9. The molecule has 0 radical (unpaired) electrons. The second-order valence-electron chi connectivity index (χ2n) is 7.91. The minimum atomic E-state index is -0.870. The fourth-order valence-electron chi connectivity index (χ4n) is 3.76. The molecule has 1 atom stereocenters. The van der Waals surface area contributed by atoms with Crippen LogP contribution in [0.3, 0.4) is 0 Å². The summed E-state index contributed by atoms with van der Waals surface area (Å²) in [7, 11) is 0. The molecule has 2 heterocycles. The largest absolute Gasteiger partial charge is 0.489 e. The number of hydrogen-bond acceptors (Lipinski definition) is 5. The average molecular weight is 413 g/mol. The molecule has 2 aromatic rings. The summed E-state index contributed by atoms with van der Waals surface area (Å²) in [5.41, 5.74) is 2.11. The van der Waals surface area contributed by atoms with E-state index in [4.69, 9.17) is 9.15 Å². The van der Waals surface area contributed by atoms with Crippen LogP contribution in [0.2, 0.25) is 0 Å². The number of carboxylic acids is 1. The molecule has 0 aliphatic carbocycles. The van der Waals surface area contributed by atoms with Crippen LogP contribution in [0.1, 0.15) is 37.3 Å². The van der Waals surface area contributed by atoms with E-state index in [0.29, 0.717) is 42.9 Å². The Hall–Kier alpha value is -3.09. The van der Waals surface area contributed by atoms with Gasteiger partial charge in [-0.15, -0.1) is 0 Å². The van der Waals surface area contributed by atoms with Gasteiger partial charge in [-0.2, -0.15) is 0 Å². The molecule has 1 N–H and O–H groups in total. The van der Waals surface area contributed by atoms with Gasteiger partial charge in [0.05, 0.1) is 5.92 Å². The van der Waals surface area contributed by atoms with Crippen LogP contribution >= 0.6 is 0 Å². The Morgan fingerprint density at radius 2 is 2.13 bits per heavy atom. The molecule has 1 fully saturated rings. The summed E-state index contributed by atoms with van der Waals surface area (Å²) < 4.78 is 11.1. The Kier molecular flexibility index (Phi) is 6.59.